The van der Waals surface area contributed by atoms with Gasteiger partial charge in [-0.05, 0) is 44.5 Å². The zero-order valence-electron chi connectivity index (χ0n) is 19.8. The average Bonchev–Trinajstić information content (AvgIpc) is 2.74. The van der Waals surface area contributed by atoms with E-state index in [1.54, 1.807) is 0 Å². The first kappa shape index (κ1) is 27.4. The summed E-state index contributed by atoms with van der Waals surface area (Å²) in [5, 5.41) is 14.3. The summed E-state index contributed by atoms with van der Waals surface area (Å²) in [5.41, 5.74) is -0.987. The molecule has 1 fully saturated rings. The molecule has 0 unspecified atom stereocenters. The van der Waals surface area contributed by atoms with Crippen molar-refractivity contribution in [1.82, 2.24) is 15.1 Å². The molecule has 0 aliphatic carbocycles. The van der Waals surface area contributed by atoms with E-state index in [1.807, 2.05) is 32.8 Å². The number of likely N-dealkylation sites (tertiary alicyclic amines) is 1. The van der Waals surface area contributed by atoms with Gasteiger partial charge in [-0.1, -0.05) is 13.8 Å². The van der Waals surface area contributed by atoms with Gasteiger partial charge in [-0.15, -0.1) is 0 Å². The van der Waals surface area contributed by atoms with Crippen molar-refractivity contribution < 1.29 is 32.4 Å². The minimum atomic E-state index is -4.59. The van der Waals surface area contributed by atoms with Crippen LogP contribution in [0, 0.1) is 21.4 Å². The molecule has 1 aliphatic heterocycles. The van der Waals surface area contributed by atoms with Gasteiger partial charge in [0.05, 0.1) is 4.92 Å². The largest absolute Gasteiger partial charge is 0.484 e. The molecule has 12 heteroatoms. The van der Waals surface area contributed by atoms with Crippen molar-refractivity contribution in [1.29, 1.82) is 0 Å². The van der Waals surface area contributed by atoms with Crippen molar-refractivity contribution in [2.75, 3.05) is 46.9 Å². The van der Waals surface area contributed by atoms with Crippen LogP contribution in [0.1, 0.15) is 37.0 Å². The summed E-state index contributed by atoms with van der Waals surface area (Å²) >= 11 is 0. The highest BCUT2D eigenvalue weighted by atomic mass is 19.4. The predicted octanol–water partition coefficient (Wildman–Crippen LogP) is 3.09. The van der Waals surface area contributed by atoms with Gasteiger partial charge in [-0.25, -0.2) is 0 Å². The number of nitro groups is 1. The van der Waals surface area contributed by atoms with Gasteiger partial charge in [-0.2, -0.15) is 13.2 Å². The molecule has 2 amide bonds. The zero-order valence-corrected chi connectivity index (χ0v) is 19.8. The summed E-state index contributed by atoms with van der Waals surface area (Å²) < 4.78 is 41.9. The fourth-order valence-electron chi connectivity index (χ4n) is 4.00. The van der Waals surface area contributed by atoms with E-state index in [-0.39, 0.29) is 41.6 Å². The van der Waals surface area contributed by atoms with Crippen LogP contribution in [-0.4, -0.2) is 79.6 Å². The maximum Gasteiger partial charge on any atom is 0.422 e. The van der Waals surface area contributed by atoms with Crippen LogP contribution < -0.4 is 10.1 Å². The van der Waals surface area contributed by atoms with Crippen molar-refractivity contribution in [3.05, 3.63) is 33.9 Å². The summed E-state index contributed by atoms with van der Waals surface area (Å²) in [6.07, 6.45) is -3.83. The molecule has 34 heavy (non-hydrogen) atoms. The molecule has 0 aromatic heterocycles. The monoisotopic (exact) mass is 488 g/mol. The Hall–Kier alpha value is -2.89. The third-order valence-electron chi connectivity index (χ3n) is 5.44. The number of carbonyl (C=O) groups is 2. The Bertz CT molecular complexity index is 897. The third kappa shape index (κ3) is 8.15. The van der Waals surface area contributed by atoms with Gasteiger partial charge in [-0.3, -0.25) is 19.7 Å². The molecule has 0 saturated carbocycles. The van der Waals surface area contributed by atoms with Crippen LogP contribution in [-0.2, 0) is 4.79 Å². The third-order valence-corrected chi connectivity index (χ3v) is 5.44. The number of carbonyl (C=O) groups excluding carboxylic acids is 2. The molecule has 190 valence electrons. The van der Waals surface area contributed by atoms with E-state index in [0.717, 1.165) is 24.7 Å². The summed E-state index contributed by atoms with van der Waals surface area (Å²) in [6.45, 7) is 4.21. The van der Waals surface area contributed by atoms with E-state index in [0.29, 0.717) is 19.4 Å². The minimum Gasteiger partial charge on any atom is -0.484 e. The van der Waals surface area contributed by atoms with Gasteiger partial charge >= 0.3 is 6.18 Å². The molecule has 1 N–H and O–H groups in total. The van der Waals surface area contributed by atoms with Crippen LogP contribution in [0.25, 0.3) is 0 Å². The number of nitrogens with zero attached hydrogens (tertiary/aromatic N) is 3. The Labute approximate surface area is 196 Å². The Morgan fingerprint density at radius 3 is 2.38 bits per heavy atom. The topological polar surface area (TPSA) is 105 Å². The Kier molecular flexibility index (Phi) is 8.87. The number of nitro benzene ring substituents is 1. The Morgan fingerprint density at radius 1 is 1.24 bits per heavy atom. The second-order valence-corrected chi connectivity index (χ2v) is 9.53. The maximum absolute atomic E-state index is 13.0. The van der Waals surface area contributed by atoms with E-state index < -0.39 is 29.3 Å². The number of nitrogens with one attached hydrogen (secondary N) is 1. The number of benzene rings is 1. The Morgan fingerprint density at radius 2 is 1.85 bits per heavy atom. The van der Waals surface area contributed by atoms with Crippen LogP contribution in [0.15, 0.2) is 18.2 Å². The van der Waals surface area contributed by atoms with E-state index >= 15 is 0 Å². The number of piperidine rings is 1. The number of amides is 2. The smallest absolute Gasteiger partial charge is 0.422 e. The highest BCUT2D eigenvalue weighted by Crippen LogP contribution is 2.29. The van der Waals surface area contributed by atoms with Crippen molar-refractivity contribution in [2.45, 2.75) is 32.9 Å². The Balaban J connectivity index is 2.01. The van der Waals surface area contributed by atoms with Crippen LogP contribution in [0.4, 0.5) is 18.9 Å². The fourth-order valence-corrected chi connectivity index (χ4v) is 4.00. The lowest BCUT2D eigenvalue weighted by Gasteiger charge is -2.33. The molecule has 1 saturated heterocycles. The van der Waals surface area contributed by atoms with E-state index in [1.165, 1.54) is 4.90 Å². The summed E-state index contributed by atoms with van der Waals surface area (Å²) in [4.78, 5) is 39.5. The lowest BCUT2D eigenvalue weighted by atomic mass is 9.91. The lowest BCUT2D eigenvalue weighted by Crippen LogP contribution is -2.46. The second kappa shape index (κ2) is 11.0. The van der Waals surface area contributed by atoms with Crippen LogP contribution >= 0.6 is 0 Å². The van der Waals surface area contributed by atoms with Gasteiger partial charge in [0.15, 0.2) is 6.61 Å². The number of hydrogen-bond donors (Lipinski definition) is 1. The molecule has 0 radical (unpaired) electrons. The molecule has 0 atom stereocenters. The molecular weight excluding hydrogens is 457 g/mol. The van der Waals surface area contributed by atoms with E-state index in [9.17, 15) is 32.9 Å². The first-order valence-corrected chi connectivity index (χ1v) is 10.9. The van der Waals surface area contributed by atoms with E-state index in [2.05, 4.69) is 10.1 Å². The van der Waals surface area contributed by atoms with Gasteiger partial charge in [0.2, 0.25) is 5.91 Å². The minimum absolute atomic E-state index is 0.104. The highest BCUT2D eigenvalue weighted by Gasteiger charge is 2.33. The average molecular weight is 489 g/mol. The van der Waals surface area contributed by atoms with Crippen LogP contribution in [0.3, 0.4) is 0 Å². The first-order chi connectivity index (χ1) is 15.7. The molecule has 0 spiro atoms. The van der Waals surface area contributed by atoms with Crippen molar-refractivity contribution in [3.63, 3.8) is 0 Å². The maximum atomic E-state index is 13.0. The van der Waals surface area contributed by atoms with Gasteiger partial charge in [0.1, 0.15) is 11.3 Å². The fraction of sp³-hybridized carbons (Fsp3) is 0.636. The van der Waals surface area contributed by atoms with Crippen molar-refractivity contribution in [2.24, 2.45) is 11.3 Å². The normalized spacial score (nSPS) is 15.4. The van der Waals surface area contributed by atoms with Gasteiger partial charge in [0.25, 0.3) is 11.6 Å². The highest BCUT2D eigenvalue weighted by molar-refractivity contribution is 5.98. The van der Waals surface area contributed by atoms with Crippen molar-refractivity contribution in [3.8, 4) is 5.75 Å². The summed E-state index contributed by atoms with van der Waals surface area (Å²) in [7, 11) is 3.91. The first-order valence-electron chi connectivity index (χ1n) is 10.9. The molecule has 0 bridgehead atoms. The number of alkyl halides is 3. The number of halogens is 3. The molecular formula is C22H31F3N4O5. The van der Waals surface area contributed by atoms with Crippen LogP contribution in [0.5, 0.6) is 5.75 Å². The molecule has 1 heterocycles. The molecule has 9 nitrogen and oxygen atoms in total. The molecule has 1 aromatic carbocycles. The molecule has 2 rings (SSSR count). The quantitative estimate of drug-likeness (QED) is 0.423. The van der Waals surface area contributed by atoms with Crippen LogP contribution in [0.2, 0.25) is 0 Å². The number of hydrogen-bond acceptors (Lipinski definition) is 6. The second-order valence-electron chi connectivity index (χ2n) is 9.53. The number of ether oxygens (including phenoxy) is 1. The summed E-state index contributed by atoms with van der Waals surface area (Å²) in [5.74, 6) is -1.38. The number of rotatable bonds is 9. The van der Waals surface area contributed by atoms with E-state index in [4.69, 9.17) is 0 Å². The van der Waals surface area contributed by atoms with Crippen molar-refractivity contribution >= 4 is 17.5 Å². The van der Waals surface area contributed by atoms with Gasteiger partial charge < -0.3 is 19.9 Å². The predicted molar refractivity (Wildman–Crippen MR) is 119 cm³/mol. The summed E-state index contributed by atoms with van der Waals surface area (Å²) in [6, 6.07) is 2.93. The SMILES string of the molecule is CN(C)CC(C)(C)CNC(=O)C1CCN(C(=O)c2cc(OCC(F)(F)F)ccc2[N+](=O)[O-])CC1. The standard InChI is InChI=1S/C22H31F3N4O5/c1-21(2,13-27(3)4)12-26-19(30)15-7-9-28(10-8-15)20(31)17-11-16(34-14-22(23,24)25)5-6-18(17)29(32)33/h5-6,11,15H,7-10,12-14H2,1-4H3,(H,26,30). The van der Waals surface area contributed by atoms with Gasteiger partial charge in [0, 0.05) is 38.2 Å². The zero-order chi connectivity index (χ0) is 25.7. The lowest BCUT2D eigenvalue weighted by molar-refractivity contribution is -0.385. The molecule has 1 aromatic rings. The molecule has 1 aliphatic rings.